The summed E-state index contributed by atoms with van der Waals surface area (Å²) in [6.45, 7) is 0. The summed E-state index contributed by atoms with van der Waals surface area (Å²) in [4.78, 5) is 29.9. The molecular formula is C24H17N3O4S2. The van der Waals surface area contributed by atoms with E-state index >= 15 is 0 Å². The van der Waals surface area contributed by atoms with Gasteiger partial charge in [0.2, 0.25) is 10.0 Å². The quantitative estimate of drug-likeness (QED) is 0.385. The van der Waals surface area contributed by atoms with Crippen molar-refractivity contribution in [3.05, 3.63) is 88.8 Å². The van der Waals surface area contributed by atoms with Crippen molar-refractivity contribution in [2.75, 3.05) is 16.3 Å². The highest BCUT2D eigenvalue weighted by molar-refractivity contribution is 7.92. The van der Waals surface area contributed by atoms with Gasteiger partial charge in [0.05, 0.1) is 11.9 Å². The van der Waals surface area contributed by atoms with Crippen LogP contribution in [0.25, 0.3) is 22.4 Å². The molecule has 1 aliphatic carbocycles. The van der Waals surface area contributed by atoms with Crippen LogP contribution in [-0.2, 0) is 10.0 Å². The molecular weight excluding hydrogens is 458 g/mol. The average Bonchev–Trinajstić information content (AvgIpc) is 3.36. The van der Waals surface area contributed by atoms with Gasteiger partial charge in [-0.3, -0.25) is 19.6 Å². The third kappa shape index (κ3) is 4.15. The van der Waals surface area contributed by atoms with Crippen molar-refractivity contribution < 1.29 is 18.0 Å². The number of hydrogen-bond acceptors (Lipinski definition) is 6. The van der Waals surface area contributed by atoms with E-state index in [9.17, 15) is 18.0 Å². The third-order valence-electron chi connectivity index (χ3n) is 5.20. The number of nitrogens with one attached hydrogen (secondary N) is 2. The molecule has 0 spiro atoms. The van der Waals surface area contributed by atoms with Gasteiger partial charge in [0, 0.05) is 33.3 Å². The Kier molecular flexibility index (Phi) is 5.07. The minimum atomic E-state index is -3.35. The van der Waals surface area contributed by atoms with E-state index in [1.54, 1.807) is 53.9 Å². The molecule has 0 aliphatic heterocycles. The zero-order valence-electron chi connectivity index (χ0n) is 17.3. The number of carbonyl (C=O) groups is 2. The lowest BCUT2D eigenvalue weighted by molar-refractivity contribution is 0.102. The molecule has 1 aliphatic rings. The highest BCUT2D eigenvalue weighted by Gasteiger charge is 2.27. The highest BCUT2D eigenvalue weighted by Crippen LogP contribution is 2.37. The molecule has 0 saturated carbocycles. The van der Waals surface area contributed by atoms with Crippen LogP contribution in [0.5, 0.6) is 0 Å². The molecule has 2 N–H and O–H groups in total. The van der Waals surface area contributed by atoms with Crippen LogP contribution in [0.15, 0.2) is 72.1 Å². The van der Waals surface area contributed by atoms with E-state index in [1.165, 1.54) is 11.3 Å². The number of rotatable bonds is 5. The molecule has 0 atom stereocenters. The van der Waals surface area contributed by atoms with Gasteiger partial charge in [0.25, 0.3) is 5.91 Å². The number of thiazole rings is 1. The van der Waals surface area contributed by atoms with E-state index in [2.05, 4.69) is 15.0 Å². The van der Waals surface area contributed by atoms with Gasteiger partial charge in [-0.2, -0.15) is 0 Å². The van der Waals surface area contributed by atoms with E-state index in [1.807, 2.05) is 18.2 Å². The van der Waals surface area contributed by atoms with E-state index in [0.29, 0.717) is 33.2 Å². The fraction of sp³-hybridized carbons (Fsp3) is 0.0417. The second-order valence-electron chi connectivity index (χ2n) is 7.58. The average molecular weight is 476 g/mol. The maximum Gasteiger partial charge on any atom is 0.257 e. The molecule has 0 saturated heterocycles. The Bertz CT molecular complexity index is 1520. The Labute approximate surface area is 194 Å². The predicted molar refractivity (Wildman–Crippen MR) is 129 cm³/mol. The van der Waals surface area contributed by atoms with Crippen molar-refractivity contribution in [2.45, 2.75) is 0 Å². The molecule has 7 nitrogen and oxygen atoms in total. The van der Waals surface area contributed by atoms with Crippen LogP contribution in [0.2, 0.25) is 0 Å². The van der Waals surface area contributed by atoms with E-state index in [4.69, 9.17) is 0 Å². The van der Waals surface area contributed by atoms with Crippen molar-refractivity contribution in [1.82, 2.24) is 4.98 Å². The van der Waals surface area contributed by atoms with Crippen molar-refractivity contribution in [3.8, 4) is 22.4 Å². The zero-order chi connectivity index (χ0) is 23.2. The van der Waals surface area contributed by atoms with Crippen LogP contribution in [0.3, 0.4) is 0 Å². The van der Waals surface area contributed by atoms with Crippen LogP contribution in [0.1, 0.15) is 26.3 Å². The molecule has 5 rings (SSSR count). The first-order valence-electron chi connectivity index (χ1n) is 9.92. The molecule has 33 heavy (non-hydrogen) atoms. The van der Waals surface area contributed by atoms with Crippen molar-refractivity contribution in [1.29, 1.82) is 0 Å². The van der Waals surface area contributed by atoms with Crippen LogP contribution in [0.4, 0.5) is 10.8 Å². The second-order valence-corrected chi connectivity index (χ2v) is 10.2. The highest BCUT2D eigenvalue weighted by atomic mass is 32.2. The topological polar surface area (TPSA) is 105 Å². The summed E-state index contributed by atoms with van der Waals surface area (Å²) in [6, 6.07) is 19.3. The summed E-state index contributed by atoms with van der Waals surface area (Å²) in [5, 5.41) is 5.01. The Hall–Kier alpha value is -3.82. The summed E-state index contributed by atoms with van der Waals surface area (Å²) < 4.78 is 25.1. The van der Waals surface area contributed by atoms with Gasteiger partial charge in [0.1, 0.15) is 0 Å². The first-order valence-corrected chi connectivity index (χ1v) is 12.7. The monoisotopic (exact) mass is 475 g/mol. The number of sulfonamides is 1. The maximum absolute atomic E-state index is 12.8. The first kappa shape index (κ1) is 21.0. The van der Waals surface area contributed by atoms with Gasteiger partial charge in [-0.25, -0.2) is 13.4 Å². The van der Waals surface area contributed by atoms with Crippen molar-refractivity contribution in [3.63, 3.8) is 0 Å². The standard InChI is InChI=1S/C24H17N3O4S2/c1-33(30,31)27-16-9-6-14(7-10-16)21-13-32-24(25-21)26-23(29)15-8-11-18-17-4-2-3-5-19(17)22(28)20(18)12-15/h2-13,27H,1H3,(H,25,26,29). The molecule has 1 amide bonds. The lowest BCUT2D eigenvalue weighted by Gasteiger charge is -2.05. The summed E-state index contributed by atoms with van der Waals surface area (Å²) in [6.07, 6.45) is 1.09. The molecule has 0 unspecified atom stereocenters. The smallest absolute Gasteiger partial charge is 0.257 e. The Balaban J connectivity index is 1.32. The number of hydrogen-bond donors (Lipinski definition) is 2. The number of benzene rings is 3. The SMILES string of the molecule is CS(=O)(=O)Nc1ccc(-c2csc(NC(=O)c3ccc4c(c3)C(=O)c3ccccc3-4)n2)cc1. The van der Waals surface area contributed by atoms with Gasteiger partial charge >= 0.3 is 0 Å². The summed E-state index contributed by atoms with van der Waals surface area (Å²) in [5.41, 5.74) is 5.15. The van der Waals surface area contributed by atoms with Gasteiger partial charge in [-0.1, -0.05) is 42.5 Å². The Morgan fingerprint density at radius 2 is 1.61 bits per heavy atom. The zero-order valence-corrected chi connectivity index (χ0v) is 19.0. The molecule has 0 fully saturated rings. The van der Waals surface area contributed by atoms with Crippen LogP contribution >= 0.6 is 11.3 Å². The van der Waals surface area contributed by atoms with E-state index in [0.717, 1.165) is 22.9 Å². The molecule has 1 aromatic heterocycles. The molecule has 1 heterocycles. The van der Waals surface area contributed by atoms with Crippen molar-refractivity contribution >= 4 is 43.9 Å². The maximum atomic E-state index is 12.8. The number of aromatic nitrogens is 1. The largest absolute Gasteiger partial charge is 0.298 e. The Morgan fingerprint density at radius 1 is 0.909 bits per heavy atom. The lowest BCUT2D eigenvalue weighted by Crippen LogP contribution is -2.12. The second kappa shape index (κ2) is 7.95. The van der Waals surface area contributed by atoms with Crippen LogP contribution < -0.4 is 10.0 Å². The number of fused-ring (bicyclic) bond motifs is 3. The molecule has 164 valence electrons. The van der Waals surface area contributed by atoms with Crippen LogP contribution in [-0.4, -0.2) is 31.3 Å². The minimum Gasteiger partial charge on any atom is -0.298 e. The number of anilines is 2. The summed E-state index contributed by atoms with van der Waals surface area (Å²) >= 11 is 1.28. The fourth-order valence-corrected chi connectivity index (χ4v) is 5.00. The normalized spacial score (nSPS) is 12.2. The molecule has 0 radical (unpaired) electrons. The number of nitrogens with zero attached hydrogens (tertiary/aromatic N) is 1. The van der Waals surface area contributed by atoms with E-state index < -0.39 is 10.0 Å². The fourth-order valence-electron chi connectivity index (χ4n) is 3.73. The Morgan fingerprint density at radius 3 is 2.33 bits per heavy atom. The molecule has 4 aromatic rings. The number of ketones is 1. The molecule has 3 aromatic carbocycles. The van der Waals surface area contributed by atoms with Crippen molar-refractivity contribution in [2.24, 2.45) is 0 Å². The number of carbonyl (C=O) groups excluding carboxylic acids is 2. The van der Waals surface area contributed by atoms with Gasteiger partial charge in [0.15, 0.2) is 10.9 Å². The lowest BCUT2D eigenvalue weighted by atomic mass is 10.0. The summed E-state index contributed by atoms with van der Waals surface area (Å²) in [5.74, 6) is -0.434. The van der Waals surface area contributed by atoms with Gasteiger partial charge in [-0.15, -0.1) is 11.3 Å². The van der Waals surface area contributed by atoms with Gasteiger partial charge < -0.3 is 0 Å². The predicted octanol–water partition coefficient (Wildman–Crippen LogP) is 4.65. The molecule has 9 heteroatoms. The number of amides is 1. The minimum absolute atomic E-state index is 0.0828. The summed E-state index contributed by atoms with van der Waals surface area (Å²) in [7, 11) is -3.35. The third-order valence-corrected chi connectivity index (χ3v) is 6.56. The van der Waals surface area contributed by atoms with E-state index in [-0.39, 0.29) is 11.7 Å². The first-order chi connectivity index (χ1) is 15.8. The van der Waals surface area contributed by atoms with Gasteiger partial charge in [-0.05, 0) is 35.4 Å². The van der Waals surface area contributed by atoms with Crippen LogP contribution in [0, 0.1) is 0 Å². The molecule has 0 bridgehead atoms.